The molecule has 0 saturated carbocycles. The summed E-state index contributed by atoms with van der Waals surface area (Å²) in [5.41, 5.74) is 1.18. The molecule has 1 unspecified atom stereocenters. The molecule has 2 N–H and O–H groups in total. The summed E-state index contributed by atoms with van der Waals surface area (Å²) >= 11 is 5.92. The van der Waals surface area contributed by atoms with Crippen LogP contribution in [0, 0.1) is 6.92 Å². The average Bonchev–Trinajstić information content (AvgIpc) is 2.23. The number of carbonyl (C=O) groups is 1. The van der Waals surface area contributed by atoms with Gasteiger partial charge in [-0.1, -0.05) is 11.6 Å². The Morgan fingerprint density at radius 1 is 1.56 bits per heavy atom. The van der Waals surface area contributed by atoms with Crippen LogP contribution in [0.3, 0.4) is 0 Å². The van der Waals surface area contributed by atoms with E-state index in [1.807, 2.05) is 0 Å². The smallest absolute Gasteiger partial charge is 0.313 e. The van der Waals surface area contributed by atoms with Crippen molar-refractivity contribution >= 4 is 17.6 Å². The molecule has 0 heterocycles. The molecule has 5 heteroatoms. The number of ether oxygens (including phenoxy) is 1. The molecule has 0 amide bonds. The first-order valence-electron chi connectivity index (χ1n) is 4.69. The fourth-order valence-electron chi connectivity index (χ4n) is 1.43. The molecule has 4 nitrogen and oxygen atoms in total. The van der Waals surface area contributed by atoms with Crippen molar-refractivity contribution < 1.29 is 19.7 Å². The summed E-state index contributed by atoms with van der Waals surface area (Å²) in [4.78, 5) is 10.9. The van der Waals surface area contributed by atoms with Gasteiger partial charge in [0.25, 0.3) is 0 Å². The Morgan fingerprint density at radius 3 is 2.62 bits per heavy atom. The fraction of sp³-hybridized carbons (Fsp3) is 0.364. The Morgan fingerprint density at radius 2 is 2.19 bits per heavy atom. The minimum atomic E-state index is -1.11. The lowest BCUT2D eigenvalue weighted by Crippen LogP contribution is -2.16. The van der Waals surface area contributed by atoms with Crippen molar-refractivity contribution in [1.82, 2.24) is 0 Å². The minimum absolute atomic E-state index is 0.383. The molecule has 0 aliphatic carbocycles. The first-order valence-corrected chi connectivity index (χ1v) is 5.06. The average molecular weight is 245 g/mol. The van der Waals surface area contributed by atoms with E-state index in [9.17, 15) is 4.79 Å². The molecule has 0 aliphatic heterocycles. The second kappa shape index (κ2) is 5.18. The summed E-state index contributed by atoms with van der Waals surface area (Å²) in [7, 11) is 1.45. The van der Waals surface area contributed by atoms with Crippen molar-refractivity contribution in [1.29, 1.82) is 0 Å². The van der Waals surface area contributed by atoms with E-state index in [1.165, 1.54) is 13.2 Å². The predicted molar refractivity (Wildman–Crippen MR) is 60.2 cm³/mol. The second-order valence-corrected chi connectivity index (χ2v) is 3.82. The molecule has 0 radical (unpaired) electrons. The highest BCUT2D eigenvalue weighted by Crippen LogP contribution is 2.32. The molecule has 1 aromatic rings. The van der Waals surface area contributed by atoms with Crippen molar-refractivity contribution in [3.63, 3.8) is 0 Å². The number of aliphatic hydroxyl groups excluding tert-OH is 1. The number of hydrogen-bond donors (Lipinski definition) is 2. The number of aliphatic hydroxyl groups is 1. The zero-order chi connectivity index (χ0) is 12.3. The minimum Gasteiger partial charge on any atom is -0.496 e. The summed E-state index contributed by atoms with van der Waals surface area (Å²) in [5.74, 6) is -1.71. The van der Waals surface area contributed by atoms with Gasteiger partial charge in [0.2, 0.25) is 0 Å². The largest absolute Gasteiger partial charge is 0.496 e. The lowest BCUT2D eigenvalue weighted by atomic mass is 9.98. The predicted octanol–water partition coefficient (Wildman–Crippen LogP) is 1.82. The molecule has 1 aromatic carbocycles. The van der Waals surface area contributed by atoms with Gasteiger partial charge in [-0.25, -0.2) is 0 Å². The van der Waals surface area contributed by atoms with E-state index in [-0.39, 0.29) is 0 Å². The van der Waals surface area contributed by atoms with Crippen LogP contribution < -0.4 is 4.74 Å². The van der Waals surface area contributed by atoms with Crippen molar-refractivity contribution in [2.75, 3.05) is 13.7 Å². The van der Waals surface area contributed by atoms with Gasteiger partial charge in [-0.05, 0) is 24.6 Å². The highest BCUT2D eigenvalue weighted by molar-refractivity contribution is 6.31. The van der Waals surface area contributed by atoms with Crippen LogP contribution in [0.15, 0.2) is 12.1 Å². The monoisotopic (exact) mass is 244 g/mol. The van der Waals surface area contributed by atoms with Crippen molar-refractivity contribution in [2.45, 2.75) is 12.8 Å². The van der Waals surface area contributed by atoms with Crippen LogP contribution in [0.1, 0.15) is 17.0 Å². The summed E-state index contributed by atoms with van der Waals surface area (Å²) in [6.45, 7) is 1.30. The number of methoxy groups -OCH3 is 1. The molecule has 0 spiro atoms. The molecule has 0 aromatic heterocycles. The van der Waals surface area contributed by atoms with Gasteiger partial charge >= 0.3 is 5.97 Å². The summed E-state index contributed by atoms with van der Waals surface area (Å²) < 4.78 is 5.08. The Kier molecular flexibility index (Phi) is 4.15. The summed E-state index contributed by atoms with van der Waals surface area (Å²) in [6, 6.07) is 3.17. The van der Waals surface area contributed by atoms with E-state index >= 15 is 0 Å². The van der Waals surface area contributed by atoms with Gasteiger partial charge in [-0.15, -0.1) is 0 Å². The first kappa shape index (κ1) is 12.8. The molecule has 0 saturated heterocycles. The third-order valence-electron chi connectivity index (χ3n) is 2.37. The maximum absolute atomic E-state index is 10.9. The quantitative estimate of drug-likeness (QED) is 0.848. The SMILES string of the molecule is COc1cc(C)c(Cl)cc1C(CO)C(=O)O. The lowest BCUT2D eigenvalue weighted by Gasteiger charge is -2.15. The van der Waals surface area contributed by atoms with Gasteiger partial charge in [-0.3, -0.25) is 4.79 Å². The topological polar surface area (TPSA) is 66.8 Å². The van der Waals surface area contributed by atoms with Crippen LogP contribution in [0.25, 0.3) is 0 Å². The van der Waals surface area contributed by atoms with E-state index < -0.39 is 18.5 Å². The zero-order valence-electron chi connectivity index (χ0n) is 9.03. The van der Waals surface area contributed by atoms with Crippen LogP contribution in [0.5, 0.6) is 5.75 Å². The van der Waals surface area contributed by atoms with Gasteiger partial charge in [0.15, 0.2) is 0 Å². The molecule has 88 valence electrons. The van der Waals surface area contributed by atoms with Crippen LogP contribution in [0.4, 0.5) is 0 Å². The van der Waals surface area contributed by atoms with E-state index in [4.69, 9.17) is 26.6 Å². The Balaban J connectivity index is 3.30. The number of rotatable bonds is 4. The van der Waals surface area contributed by atoms with E-state index in [0.29, 0.717) is 16.3 Å². The molecule has 0 fully saturated rings. The standard InChI is InChI=1S/C11H13ClO4/c1-6-3-10(16-2)7(4-9(6)12)8(5-13)11(14)15/h3-4,8,13H,5H2,1-2H3,(H,14,15). The third kappa shape index (κ3) is 2.46. The van der Waals surface area contributed by atoms with Gasteiger partial charge in [0.1, 0.15) is 11.7 Å². The number of aryl methyl sites for hydroxylation is 1. The van der Waals surface area contributed by atoms with E-state index in [2.05, 4.69) is 0 Å². The Bertz CT molecular complexity index is 403. The number of hydrogen-bond acceptors (Lipinski definition) is 3. The summed E-state index contributed by atoms with van der Waals surface area (Å²) in [6.07, 6.45) is 0. The molecule has 0 aliphatic rings. The highest BCUT2D eigenvalue weighted by atomic mass is 35.5. The molecule has 16 heavy (non-hydrogen) atoms. The molecule has 1 rings (SSSR count). The number of aliphatic carboxylic acids is 1. The van der Waals surface area contributed by atoms with E-state index in [0.717, 1.165) is 5.56 Å². The molecule has 1 atom stereocenters. The maximum atomic E-state index is 10.9. The Hall–Kier alpha value is -1.26. The van der Waals surface area contributed by atoms with Gasteiger partial charge < -0.3 is 14.9 Å². The van der Waals surface area contributed by atoms with Crippen LogP contribution in [-0.2, 0) is 4.79 Å². The highest BCUT2D eigenvalue weighted by Gasteiger charge is 2.23. The van der Waals surface area contributed by atoms with Crippen molar-refractivity contribution in [2.24, 2.45) is 0 Å². The molecular weight excluding hydrogens is 232 g/mol. The number of carboxylic acid groups (broad SMARTS) is 1. The molecular formula is C11H13ClO4. The van der Waals surface area contributed by atoms with Crippen LogP contribution in [0.2, 0.25) is 5.02 Å². The number of benzene rings is 1. The fourth-order valence-corrected chi connectivity index (χ4v) is 1.60. The number of halogens is 1. The summed E-state index contributed by atoms with van der Waals surface area (Å²) in [5, 5.41) is 18.5. The van der Waals surface area contributed by atoms with Crippen LogP contribution >= 0.6 is 11.6 Å². The van der Waals surface area contributed by atoms with Gasteiger partial charge in [0, 0.05) is 10.6 Å². The second-order valence-electron chi connectivity index (χ2n) is 3.42. The lowest BCUT2D eigenvalue weighted by molar-refractivity contribution is -0.139. The normalized spacial score (nSPS) is 12.2. The molecule has 0 bridgehead atoms. The van der Waals surface area contributed by atoms with Crippen molar-refractivity contribution in [3.05, 3.63) is 28.3 Å². The maximum Gasteiger partial charge on any atom is 0.313 e. The van der Waals surface area contributed by atoms with E-state index in [1.54, 1.807) is 13.0 Å². The van der Waals surface area contributed by atoms with Crippen molar-refractivity contribution in [3.8, 4) is 5.75 Å². The Labute approximate surface area is 98.4 Å². The number of carboxylic acids is 1. The van der Waals surface area contributed by atoms with Gasteiger partial charge in [-0.2, -0.15) is 0 Å². The first-order chi connectivity index (χ1) is 7.51. The third-order valence-corrected chi connectivity index (χ3v) is 2.77. The van der Waals surface area contributed by atoms with Crippen LogP contribution in [-0.4, -0.2) is 29.9 Å². The zero-order valence-corrected chi connectivity index (χ0v) is 9.78. The van der Waals surface area contributed by atoms with Gasteiger partial charge in [0.05, 0.1) is 13.7 Å².